The molecule has 0 fully saturated rings. The number of para-hydroxylation sites is 1. The van der Waals surface area contributed by atoms with Crippen LogP contribution in [-0.2, 0) is 0 Å². The molecule has 0 saturated carbocycles. The molecule has 46 heavy (non-hydrogen) atoms. The average molecular weight is 667 g/mol. The highest BCUT2D eigenvalue weighted by Gasteiger charge is 2.20. The third-order valence-corrected chi connectivity index (χ3v) is 6.89. The fraction of sp³-hybridized carbons (Fsp3) is 0.152. The van der Waals surface area contributed by atoms with Gasteiger partial charge in [0.15, 0.2) is 23.0 Å². The van der Waals surface area contributed by atoms with Crippen molar-refractivity contribution in [1.29, 1.82) is 0 Å². The number of benzene rings is 4. The van der Waals surface area contributed by atoms with Crippen molar-refractivity contribution in [2.75, 3.05) is 33.3 Å². The molecule has 2 amide bonds. The number of carbonyl (C=O) groups excluding carboxylic acids is 3. The highest BCUT2D eigenvalue weighted by molar-refractivity contribution is 6.37. The van der Waals surface area contributed by atoms with E-state index in [0.717, 1.165) is 0 Å². The minimum absolute atomic E-state index is 0.159. The van der Waals surface area contributed by atoms with Gasteiger partial charge in [-0.3, -0.25) is 9.59 Å². The molecule has 0 aliphatic rings. The van der Waals surface area contributed by atoms with Crippen LogP contribution in [-0.4, -0.2) is 51.9 Å². The van der Waals surface area contributed by atoms with E-state index in [1.165, 1.54) is 63.9 Å². The zero-order valence-electron chi connectivity index (χ0n) is 25.2. The first-order valence-corrected chi connectivity index (χ1v) is 14.4. The average Bonchev–Trinajstić information content (AvgIpc) is 3.05. The molecule has 0 spiro atoms. The molecule has 0 radical (unpaired) electrons. The lowest BCUT2D eigenvalue weighted by molar-refractivity contribution is 0.0727. The summed E-state index contributed by atoms with van der Waals surface area (Å²) >= 11 is 12.1. The summed E-state index contributed by atoms with van der Waals surface area (Å²) in [7, 11) is 4.35. The third kappa shape index (κ3) is 8.06. The Hall–Kier alpha value is -5.26. The first-order valence-electron chi connectivity index (χ1n) is 13.7. The molecule has 0 aliphatic carbocycles. The molecule has 0 unspecified atom stereocenters. The van der Waals surface area contributed by atoms with Crippen LogP contribution in [0.2, 0.25) is 10.0 Å². The van der Waals surface area contributed by atoms with Crippen molar-refractivity contribution >= 4 is 52.9 Å². The number of hydrogen-bond acceptors (Lipinski definition) is 9. The van der Waals surface area contributed by atoms with E-state index < -0.39 is 17.8 Å². The van der Waals surface area contributed by atoms with E-state index in [0.29, 0.717) is 27.8 Å². The minimum atomic E-state index is -0.682. The standard InChI is InChI=1S/C33H29Cl2N3O8/c1-5-45-27-14-19(10-13-26(27)46-33(41)20-15-28(42-2)30(44-4)29(16-20)43-3)18-36-38-32(40)23-8-6-7-9-25(23)37-31(39)22-12-11-21(34)17-24(22)35/h6-18H,5H2,1-4H3,(H,37,39)(H,38,40)/b36-18-. The Morgan fingerprint density at radius 2 is 1.50 bits per heavy atom. The summed E-state index contributed by atoms with van der Waals surface area (Å²) in [6.45, 7) is 2.07. The van der Waals surface area contributed by atoms with Gasteiger partial charge in [-0.25, -0.2) is 10.2 Å². The van der Waals surface area contributed by atoms with Crippen molar-refractivity contribution in [3.63, 3.8) is 0 Å². The number of nitrogens with zero attached hydrogens (tertiary/aromatic N) is 1. The number of hydrazone groups is 1. The van der Waals surface area contributed by atoms with Crippen LogP contribution in [0.25, 0.3) is 0 Å². The highest BCUT2D eigenvalue weighted by atomic mass is 35.5. The number of amides is 2. The van der Waals surface area contributed by atoms with Gasteiger partial charge in [0.05, 0.1) is 61.6 Å². The Balaban J connectivity index is 1.47. The van der Waals surface area contributed by atoms with Gasteiger partial charge in [0.2, 0.25) is 5.75 Å². The molecule has 0 aromatic heterocycles. The van der Waals surface area contributed by atoms with Gasteiger partial charge >= 0.3 is 5.97 Å². The highest BCUT2D eigenvalue weighted by Crippen LogP contribution is 2.39. The van der Waals surface area contributed by atoms with Gasteiger partial charge < -0.3 is 29.0 Å². The van der Waals surface area contributed by atoms with E-state index in [1.54, 1.807) is 43.3 Å². The normalized spacial score (nSPS) is 10.7. The quantitative estimate of drug-likeness (QED) is 0.0743. The smallest absolute Gasteiger partial charge is 0.343 e. The number of esters is 1. The van der Waals surface area contributed by atoms with Crippen LogP contribution in [0.15, 0.2) is 77.9 Å². The number of carbonyl (C=O) groups is 3. The monoisotopic (exact) mass is 665 g/mol. The van der Waals surface area contributed by atoms with Crippen molar-refractivity contribution in [1.82, 2.24) is 5.43 Å². The molecule has 238 valence electrons. The zero-order valence-corrected chi connectivity index (χ0v) is 26.7. The first kappa shape index (κ1) is 33.6. The van der Waals surface area contributed by atoms with Crippen LogP contribution in [0.3, 0.4) is 0 Å². The minimum Gasteiger partial charge on any atom is -0.493 e. The molecular weight excluding hydrogens is 637 g/mol. The topological polar surface area (TPSA) is 134 Å². The Morgan fingerprint density at radius 3 is 2.15 bits per heavy atom. The molecule has 0 atom stereocenters. The lowest BCUT2D eigenvalue weighted by atomic mass is 10.1. The summed E-state index contributed by atoms with van der Waals surface area (Å²) in [5.74, 6) is -0.414. The van der Waals surface area contributed by atoms with Crippen molar-refractivity contribution in [3.05, 3.63) is 105 Å². The maximum atomic E-state index is 13.0. The largest absolute Gasteiger partial charge is 0.493 e. The molecule has 0 heterocycles. The van der Waals surface area contributed by atoms with E-state index in [9.17, 15) is 14.4 Å². The summed E-state index contributed by atoms with van der Waals surface area (Å²) in [6, 6.07) is 18.6. The molecule has 0 saturated heterocycles. The second-order valence-electron chi connectivity index (χ2n) is 9.27. The first-order chi connectivity index (χ1) is 22.2. The fourth-order valence-electron chi connectivity index (χ4n) is 4.19. The Labute approximate surface area is 275 Å². The van der Waals surface area contributed by atoms with Crippen LogP contribution in [0.5, 0.6) is 28.7 Å². The van der Waals surface area contributed by atoms with Gasteiger partial charge in [0.25, 0.3) is 11.8 Å². The van der Waals surface area contributed by atoms with E-state index >= 15 is 0 Å². The lowest BCUT2D eigenvalue weighted by Gasteiger charge is -2.15. The summed E-state index contributed by atoms with van der Waals surface area (Å²) in [4.78, 5) is 38.8. The third-order valence-electron chi connectivity index (χ3n) is 6.35. The predicted octanol–water partition coefficient (Wildman–Crippen LogP) is 6.65. The van der Waals surface area contributed by atoms with Gasteiger partial charge in [-0.15, -0.1) is 0 Å². The predicted molar refractivity (Wildman–Crippen MR) is 175 cm³/mol. The van der Waals surface area contributed by atoms with Crippen LogP contribution >= 0.6 is 23.2 Å². The van der Waals surface area contributed by atoms with Crippen molar-refractivity contribution in [3.8, 4) is 28.7 Å². The summed E-state index contributed by atoms with van der Waals surface area (Å²) in [5.41, 5.74) is 3.77. The summed E-state index contributed by atoms with van der Waals surface area (Å²) in [5, 5.41) is 7.29. The van der Waals surface area contributed by atoms with E-state index in [1.807, 2.05) is 0 Å². The van der Waals surface area contributed by atoms with Gasteiger partial charge in [0.1, 0.15) is 0 Å². The second kappa shape index (κ2) is 15.6. The maximum absolute atomic E-state index is 13.0. The Kier molecular flexibility index (Phi) is 11.4. The van der Waals surface area contributed by atoms with Crippen LogP contribution in [0.4, 0.5) is 5.69 Å². The lowest BCUT2D eigenvalue weighted by Crippen LogP contribution is -2.21. The summed E-state index contributed by atoms with van der Waals surface area (Å²) < 4.78 is 27.3. The number of nitrogens with one attached hydrogen (secondary N) is 2. The van der Waals surface area contributed by atoms with E-state index in [2.05, 4.69) is 15.8 Å². The number of hydrogen-bond donors (Lipinski definition) is 2. The maximum Gasteiger partial charge on any atom is 0.343 e. The SMILES string of the molecule is CCOc1cc(/C=N\NC(=O)c2ccccc2NC(=O)c2ccc(Cl)cc2Cl)ccc1OC(=O)c1cc(OC)c(OC)c(OC)c1. The second-order valence-corrected chi connectivity index (χ2v) is 10.1. The molecule has 0 aliphatic heterocycles. The molecule has 4 aromatic rings. The number of rotatable bonds is 12. The molecular formula is C33H29Cl2N3O8. The van der Waals surface area contributed by atoms with Gasteiger partial charge in [-0.1, -0.05) is 35.3 Å². The van der Waals surface area contributed by atoms with Crippen LogP contribution in [0, 0.1) is 0 Å². The molecule has 13 heteroatoms. The van der Waals surface area contributed by atoms with Crippen LogP contribution < -0.4 is 34.4 Å². The van der Waals surface area contributed by atoms with Gasteiger partial charge in [0, 0.05) is 5.02 Å². The fourth-order valence-corrected chi connectivity index (χ4v) is 4.69. The summed E-state index contributed by atoms with van der Waals surface area (Å²) in [6.07, 6.45) is 1.39. The van der Waals surface area contributed by atoms with Crippen molar-refractivity contribution in [2.45, 2.75) is 6.92 Å². The number of anilines is 1. The molecule has 0 bridgehead atoms. The zero-order chi connectivity index (χ0) is 33.2. The van der Waals surface area contributed by atoms with Gasteiger partial charge in [-0.2, -0.15) is 5.10 Å². The van der Waals surface area contributed by atoms with Crippen molar-refractivity contribution < 1.29 is 38.1 Å². The molecule has 11 nitrogen and oxygen atoms in total. The molecule has 4 rings (SSSR count). The Morgan fingerprint density at radius 1 is 0.783 bits per heavy atom. The number of ether oxygens (including phenoxy) is 5. The number of halogens is 2. The van der Waals surface area contributed by atoms with E-state index in [4.69, 9.17) is 46.9 Å². The van der Waals surface area contributed by atoms with Gasteiger partial charge in [-0.05, 0) is 73.2 Å². The van der Waals surface area contributed by atoms with Crippen molar-refractivity contribution in [2.24, 2.45) is 5.10 Å². The van der Waals surface area contributed by atoms with Crippen LogP contribution in [0.1, 0.15) is 43.6 Å². The Bertz CT molecular complexity index is 1770. The molecule has 4 aromatic carbocycles. The number of methoxy groups -OCH3 is 3. The molecule has 2 N–H and O–H groups in total. The van der Waals surface area contributed by atoms with E-state index in [-0.39, 0.29) is 45.5 Å².